The van der Waals surface area contributed by atoms with E-state index >= 15 is 0 Å². The van der Waals surface area contributed by atoms with Gasteiger partial charge in [-0.2, -0.15) is 0 Å². The fourth-order valence-corrected chi connectivity index (χ4v) is 5.23. The molecule has 0 amide bonds. The van der Waals surface area contributed by atoms with Crippen LogP contribution in [0.1, 0.15) is 6.92 Å². The summed E-state index contributed by atoms with van der Waals surface area (Å²) in [4.78, 5) is 2.31. The molecule has 0 aliphatic rings. The van der Waals surface area contributed by atoms with Gasteiger partial charge >= 0.3 is 0 Å². The number of hydrogen-bond acceptors (Lipinski definition) is 6. The maximum Gasteiger partial charge on any atom is 0.241 e. The summed E-state index contributed by atoms with van der Waals surface area (Å²) >= 11 is 3.04. The third-order valence-corrected chi connectivity index (χ3v) is 6.97. The number of benzene rings is 2. The van der Waals surface area contributed by atoms with Gasteiger partial charge in [0.05, 0.1) is 16.6 Å². The average molecular weight is 401 g/mol. The van der Waals surface area contributed by atoms with E-state index < -0.39 is 10.0 Å². The van der Waals surface area contributed by atoms with Crippen molar-refractivity contribution in [2.75, 3.05) is 43.0 Å². The van der Waals surface area contributed by atoms with E-state index in [1.54, 1.807) is 23.9 Å². The number of thioether (sulfide) groups is 1. The van der Waals surface area contributed by atoms with Crippen molar-refractivity contribution in [3.8, 4) is 0 Å². The zero-order valence-corrected chi connectivity index (χ0v) is 17.1. The van der Waals surface area contributed by atoms with Gasteiger partial charge in [0, 0.05) is 54.9 Å². The Labute approximate surface area is 158 Å². The molecule has 0 aromatic heterocycles. The van der Waals surface area contributed by atoms with Crippen LogP contribution in [0.3, 0.4) is 0 Å². The first-order valence-electron chi connectivity index (χ1n) is 7.98. The Morgan fingerprint density at radius 3 is 2.56 bits per heavy atom. The van der Waals surface area contributed by atoms with Crippen LogP contribution in [0.4, 0.5) is 5.69 Å². The lowest BCUT2D eigenvalue weighted by Crippen LogP contribution is -2.26. The first kappa shape index (κ1) is 20.4. The summed E-state index contributed by atoms with van der Waals surface area (Å²) in [7, 11) is 0.354. The number of nitrogens with one attached hydrogen (secondary N) is 1. The molecule has 0 fully saturated rings. The third kappa shape index (κ3) is 5.52. The van der Waals surface area contributed by atoms with Crippen molar-refractivity contribution in [3.05, 3.63) is 36.4 Å². The number of hydrogen-bond donors (Lipinski definition) is 1. The topological polar surface area (TPSA) is 58.6 Å². The highest BCUT2D eigenvalue weighted by Gasteiger charge is 2.17. The number of fused-ring (bicyclic) bond motifs is 1. The molecule has 2 aromatic carbocycles. The van der Waals surface area contributed by atoms with E-state index in [2.05, 4.69) is 4.72 Å². The summed E-state index contributed by atoms with van der Waals surface area (Å²) in [5.74, 6) is 0.701. The average Bonchev–Trinajstić information content (AvgIpc) is 2.59. The van der Waals surface area contributed by atoms with Crippen LogP contribution in [-0.2, 0) is 14.2 Å². The Hall–Kier alpha value is -0.930. The molecule has 2 rings (SSSR count). The van der Waals surface area contributed by atoms with Crippen LogP contribution in [0.5, 0.6) is 0 Å². The van der Waals surface area contributed by atoms with Crippen molar-refractivity contribution in [1.82, 2.24) is 4.72 Å². The summed E-state index contributed by atoms with van der Waals surface area (Å²) in [5, 5.41) is 2.45. The second-order valence-electron chi connectivity index (χ2n) is 5.47. The van der Waals surface area contributed by atoms with E-state index in [0.29, 0.717) is 23.8 Å². The van der Waals surface area contributed by atoms with Gasteiger partial charge in [0.15, 0.2) is 0 Å². The quantitative estimate of drug-likeness (QED) is 0.374. The maximum atomic E-state index is 12.7. The van der Waals surface area contributed by atoms with Gasteiger partial charge < -0.3 is 9.08 Å². The lowest BCUT2D eigenvalue weighted by atomic mass is 10.1. The first-order valence-corrected chi connectivity index (χ1v) is 11.5. The van der Waals surface area contributed by atoms with Crippen LogP contribution in [0, 0.1) is 0 Å². The molecule has 0 saturated heterocycles. The van der Waals surface area contributed by atoms with Gasteiger partial charge in [0.25, 0.3) is 0 Å². The summed E-state index contributed by atoms with van der Waals surface area (Å²) in [5.41, 5.74) is 0.998. The van der Waals surface area contributed by atoms with Crippen LogP contribution in [0.2, 0.25) is 0 Å². The fourth-order valence-electron chi connectivity index (χ4n) is 2.43. The summed E-state index contributed by atoms with van der Waals surface area (Å²) in [6.45, 7) is 3.01. The van der Waals surface area contributed by atoms with E-state index in [0.717, 1.165) is 21.5 Å². The maximum absolute atomic E-state index is 12.7. The summed E-state index contributed by atoms with van der Waals surface area (Å²) in [6.07, 6.45) is 0. The lowest BCUT2D eigenvalue weighted by molar-refractivity contribution is 0.403. The molecule has 2 aromatic rings. The minimum atomic E-state index is -3.55. The van der Waals surface area contributed by atoms with E-state index in [4.69, 9.17) is 4.18 Å². The fraction of sp³-hybridized carbons (Fsp3) is 0.412. The molecule has 138 valence electrons. The van der Waals surface area contributed by atoms with E-state index in [1.165, 1.54) is 12.0 Å². The summed E-state index contributed by atoms with van der Waals surface area (Å²) in [6, 6.07) is 11.1. The highest BCUT2D eigenvalue weighted by atomic mass is 32.2. The molecular weight excluding hydrogens is 376 g/mol. The highest BCUT2D eigenvalue weighted by Crippen LogP contribution is 2.30. The molecule has 0 spiro atoms. The van der Waals surface area contributed by atoms with Crippen LogP contribution < -0.4 is 9.62 Å². The Morgan fingerprint density at radius 1 is 1.12 bits per heavy atom. The minimum Gasteiger partial charge on any atom is -0.377 e. The number of nitrogens with zero attached hydrogens (tertiary/aromatic N) is 1. The Balaban J connectivity index is 2.10. The monoisotopic (exact) mass is 400 g/mol. The summed E-state index contributed by atoms with van der Waals surface area (Å²) < 4.78 is 33.3. The van der Waals surface area contributed by atoms with Crippen LogP contribution in [0.15, 0.2) is 41.3 Å². The molecule has 0 saturated carbocycles. The molecule has 8 heteroatoms. The molecular formula is C17H24N2O3S3. The minimum absolute atomic E-state index is 0.322. The van der Waals surface area contributed by atoms with Gasteiger partial charge in [-0.05, 0) is 19.1 Å². The molecule has 0 aliphatic carbocycles. The third-order valence-electron chi connectivity index (χ3n) is 3.50. The normalized spacial score (nSPS) is 11.8. The predicted octanol–water partition coefficient (Wildman–Crippen LogP) is 3.56. The standard InChI is InChI=1S/C17H24N2O3S3/c1-4-22-24-13-23-12-11-18-25(20,21)17-10-6-7-14-15(17)8-5-9-16(14)19(2)3/h5-10,18H,4,11-13H2,1-3H3. The Kier molecular flexibility index (Phi) is 7.89. The molecule has 0 unspecified atom stereocenters. The molecule has 0 atom stereocenters. The largest absolute Gasteiger partial charge is 0.377 e. The Morgan fingerprint density at radius 2 is 1.84 bits per heavy atom. The van der Waals surface area contributed by atoms with Gasteiger partial charge in [0.1, 0.15) is 0 Å². The second-order valence-corrected chi connectivity index (χ2v) is 9.44. The van der Waals surface area contributed by atoms with Crippen LogP contribution >= 0.6 is 23.8 Å². The van der Waals surface area contributed by atoms with Gasteiger partial charge in [-0.3, -0.25) is 0 Å². The predicted molar refractivity (Wildman–Crippen MR) is 110 cm³/mol. The first-order chi connectivity index (χ1) is 12.0. The van der Waals surface area contributed by atoms with Gasteiger partial charge in [-0.15, -0.1) is 11.8 Å². The molecule has 0 radical (unpaired) electrons. The van der Waals surface area contributed by atoms with Gasteiger partial charge in [0.2, 0.25) is 10.0 Å². The van der Waals surface area contributed by atoms with Crippen LogP contribution in [0.25, 0.3) is 10.8 Å². The van der Waals surface area contributed by atoms with Crippen molar-refractivity contribution in [2.24, 2.45) is 0 Å². The number of rotatable bonds is 10. The van der Waals surface area contributed by atoms with Crippen molar-refractivity contribution >= 4 is 50.3 Å². The van der Waals surface area contributed by atoms with E-state index in [9.17, 15) is 8.42 Å². The Bertz CT molecular complexity index is 795. The molecule has 25 heavy (non-hydrogen) atoms. The lowest BCUT2D eigenvalue weighted by Gasteiger charge is -2.17. The van der Waals surface area contributed by atoms with Crippen molar-refractivity contribution in [2.45, 2.75) is 11.8 Å². The van der Waals surface area contributed by atoms with E-state index in [1.807, 2.05) is 50.2 Å². The van der Waals surface area contributed by atoms with Crippen molar-refractivity contribution in [1.29, 1.82) is 0 Å². The zero-order valence-electron chi connectivity index (χ0n) is 14.7. The molecule has 0 aliphatic heterocycles. The molecule has 0 bridgehead atoms. The van der Waals surface area contributed by atoms with Gasteiger partial charge in [-0.1, -0.05) is 24.3 Å². The zero-order chi connectivity index (χ0) is 18.3. The van der Waals surface area contributed by atoms with E-state index in [-0.39, 0.29) is 0 Å². The van der Waals surface area contributed by atoms with Crippen molar-refractivity contribution < 1.29 is 12.6 Å². The molecule has 0 heterocycles. The second kappa shape index (κ2) is 9.68. The number of anilines is 1. The smallest absolute Gasteiger partial charge is 0.241 e. The van der Waals surface area contributed by atoms with Crippen LogP contribution in [-0.4, -0.2) is 46.5 Å². The highest BCUT2D eigenvalue weighted by molar-refractivity contribution is 8.14. The molecule has 1 N–H and O–H groups in total. The van der Waals surface area contributed by atoms with Crippen molar-refractivity contribution in [3.63, 3.8) is 0 Å². The number of sulfonamides is 1. The SMILES string of the molecule is CCOSCSCCNS(=O)(=O)c1cccc2c(N(C)C)cccc12. The molecule has 5 nitrogen and oxygen atoms in total. The van der Waals surface area contributed by atoms with Gasteiger partial charge in [-0.25, -0.2) is 13.1 Å².